The summed E-state index contributed by atoms with van der Waals surface area (Å²) in [6, 6.07) is 0.168. The van der Waals surface area contributed by atoms with Gasteiger partial charge in [0.05, 0.1) is 0 Å². The van der Waals surface area contributed by atoms with Gasteiger partial charge in [-0.1, -0.05) is 50.8 Å². The quantitative estimate of drug-likeness (QED) is 0.317. The summed E-state index contributed by atoms with van der Waals surface area (Å²) in [6.07, 6.45) is 8.87. The highest BCUT2D eigenvalue weighted by molar-refractivity contribution is 7.99. The van der Waals surface area contributed by atoms with E-state index in [9.17, 15) is 14.4 Å². The van der Waals surface area contributed by atoms with Crippen molar-refractivity contribution >= 4 is 29.0 Å². The molecular formula is C23H40N6O3S. The van der Waals surface area contributed by atoms with Crippen molar-refractivity contribution in [2.24, 2.45) is 14.1 Å². The van der Waals surface area contributed by atoms with Crippen LogP contribution in [0.1, 0.15) is 72.1 Å². The van der Waals surface area contributed by atoms with E-state index in [4.69, 9.17) is 0 Å². The summed E-state index contributed by atoms with van der Waals surface area (Å²) in [4.78, 5) is 46.3. The second-order valence-corrected chi connectivity index (χ2v) is 9.94. The molecule has 0 spiro atoms. The fourth-order valence-electron chi connectivity index (χ4n) is 3.68. The van der Waals surface area contributed by atoms with Gasteiger partial charge in [-0.25, -0.2) is 14.6 Å². The lowest BCUT2D eigenvalue weighted by Crippen LogP contribution is -2.43. The molecule has 2 aromatic heterocycles. The van der Waals surface area contributed by atoms with Gasteiger partial charge >= 0.3 is 11.7 Å². The number of nitrogens with zero attached hydrogens (tertiary/aromatic N) is 4. The van der Waals surface area contributed by atoms with E-state index in [0.29, 0.717) is 10.8 Å². The first-order valence-corrected chi connectivity index (χ1v) is 13.1. The first-order chi connectivity index (χ1) is 15.8. The van der Waals surface area contributed by atoms with Crippen molar-refractivity contribution in [3.8, 4) is 0 Å². The largest absolute Gasteiger partial charge is 0.336 e. The SMILES string of the molecule is CCCCCCCN(CCCCCSc1nc2c(=O)n(C)c(=O)n(C)c2[nH]1)C(=O)NC(C)C. The number of urea groups is 1. The zero-order chi connectivity index (χ0) is 24.4. The molecular weight excluding hydrogens is 440 g/mol. The van der Waals surface area contributed by atoms with Crippen molar-refractivity contribution in [3.63, 3.8) is 0 Å². The highest BCUT2D eigenvalue weighted by Gasteiger charge is 2.15. The molecule has 0 aliphatic carbocycles. The summed E-state index contributed by atoms with van der Waals surface area (Å²) in [7, 11) is 3.09. The van der Waals surface area contributed by atoms with Gasteiger partial charge in [0.25, 0.3) is 5.56 Å². The van der Waals surface area contributed by atoms with Crippen LogP contribution >= 0.6 is 11.8 Å². The fraction of sp³-hybridized carbons (Fsp3) is 0.739. The Labute approximate surface area is 200 Å². The maximum Gasteiger partial charge on any atom is 0.332 e. The number of carbonyl (C=O) groups excluding carboxylic acids is 1. The Kier molecular flexibility index (Phi) is 11.0. The van der Waals surface area contributed by atoms with Gasteiger partial charge in [0.1, 0.15) is 5.65 Å². The summed E-state index contributed by atoms with van der Waals surface area (Å²) in [5, 5.41) is 3.66. The molecule has 10 heteroatoms. The second kappa shape index (κ2) is 13.5. The third-order valence-electron chi connectivity index (χ3n) is 5.62. The topological polar surface area (TPSA) is 105 Å². The number of H-pyrrole nitrogens is 1. The van der Waals surface area contributed by atoms with E-state index in [1.165, 1.54) is 37.3 Å². The van der Waals surface area contributed by atoms with E-state index in [1.807, 2.05) is 18.7 Å². The van der Waals surface area contributed by atoms with Crippen LogP contribution in [0.4, 0.5) is 4.79 Å². The van der Waals surface area contributed by atoms with Gasteiger partial charge in [-0.15, -0.1) is 0 Å². The average molecular weight is 481 g/mol. The molecule has 0 saturated carbocycles. The highest BCUT2D eigenvalue weighted by atomic mass is 32.2. The summed E-state index contributed by atoms with van der Waals surface area (Å²) in [5.41, 5.74) is -0.0148. The lowest BCUT2D eigenvalue weighted by Gasteiger charge is -2.24. The van der Waals surface area contributed by atoms with Crippen LogP contribution in [0.3, 0.4) is 0 Å². The maximum atomic E-state index is 12.5. The summed E-state index contributed by atoms with van der Waals surface area (Å²) >= 11 is 1.55. The summed E-state index contributed by atoms with van der Waals surface area (Å²) in [5.74, 6) is 0.850. The molecule has 0 aliphatic rings. The van der Waals surface area contributed by atoms with Crippen molar-refractivity contribution in [2.45, 2.75) is 83.3 Å². The monoisotopic (exact) mass is 480 g/mol. The molecule has 0 bridgehead atoms. The Bertz CT molecular complexity index is 1010. The first-order valence-electron chi connectivity index (χ1n) is 12.1. The average Bonchev–Trinajstić information content (AvgIpc) is 3.20. The lowest BCUT2D eigenvalue weighted by atomic mass is 10.1. The highest BCUT2D eigenvalue weighted by Crippen LogP contribution is 2.18. The second-order valence-electron chi connectivity index (χ2n) is 8.86. The zero-order valence-corrected chi connectivity index (χ0v) is 21.6. The maximum absolute atomic E-state index is 12.5. The molecule has 0 aromatic carbocycles. The lowest BCUT2D eigenvalue weighted by molar-refractivity contribution is 0.192. The third-order valence-corrected chi connectivity index (χ3v) is 6.58. The van der Waals surface area contributed by atoms with Crippen LogP contribution in [0.25, 0.3) is 11.2 Å². The number of nitrogens with one attached hydrogen (secondary N) is 2. The molecule has 2 aromatic rings. The van der Waals surface area contributed by atoms with Gasteiger partial charge < -0.3 is 15.2 Å². The number of aromatic nitrogens is 4. The van der Waals surface area contributed by atoms with Crippen LogP contribution in [0.2, 0.25) is 0 Å². The van der Waals surface area contributed by atoms with Crippen molar-refractivity contribution in [3.05, 3.63) is 20.8 Å². The number of aryl methyl sites for hydroxylation is 1. The number of imidazole rings is 1. The normalized spacial score (nSPS) is 11.5. The van der Waals surface area contributed by atoms with Crippen LogP contribution in [-0.2, 0) is 14.1 Å². The Balaban J connectivity index is 1.79. The minimum absolute atomic E-state index is 0.0318. The number of rotatable bonds is 14. The minimum atomic E-state index is -0.384. The predicted molar refractivity (Wildman–Crippen MR) is 135 cm³/mol. The van der Waals surface area contributed by atoms with Crippen LogP contribution in [-0.4, -0.2) is 54.9 Å². The van der Waals surface area contributed by atoms with Crippen LogP contribution < -0.4 is 16.6 Å². The summed E-state index contributed by atoms with van der Waals surface area (Å²) < 4.78 is 2.48. The van der Waals surface area contributed by atoms with Crippen LogP contribution in [0.15, 0.2) is 14.7 Å². The molecule has 0 saturated heterocycles. The third kappa shape index (κ3) is 7.94. The van der Waals surface area contributed by atoms with E-state index in [2.05, 4.69) is 22.2 Å². The molecule has 0 fully saturated rings. The number of hydrogen-bond donors (Lipinski definition) is 2. The number of carbonyl (C=O) groups is 1. The predicted octanol–water partition coefficient (Wildman–Crippen LogP) is 3.61. The number of fused-ring (bicyclic) bond motifs is 1. The zero-order valence-electron chi connectivity index (χ0n) is 20.8. The van der Waals surface area contributed by atoms with Crippen molar-refractivity contribution in [1.82, 2.24) is 29.3 Å². The van der Waals surface area contributed by atoms with E-state index in [-0.39, 0.29) is 28.8 Å². The van der Waals surface area contributed by atoms with Gasteiger partial charge in [0, 0.05) is 39.0 Å². The number of unbranched alkanes of at least 4 members (excludes halogenated alkanes) is 6. The van der Waals surface area contributed by atoms with Crippen molar-refractivity contribution < 1.29 is 4.79 Å². The Morgan fingerprint density at radius 1 is 1.03 bits per heavy atom. The molecule has 0 atom stereocenters. The Morgan fingerprint density at radius 3 is 2.30 bits per heavy atom. The van der Waals surface area contributed by atoms with E-state index < -0.39 is 0 Å². The molecule has 2 rings (SSSR count). The van der Waals surface area contributed by atoms with E-state index >= 15 is 0 Å². The Hall–Kier alpha value is -2.23. The smallest absolute Gasteiger partial charge is 0.332 e. The van der Waals surface area contributed by atoms with Crippen LogP contribution in [0, 0.1) is 0 Å². The number of hydrogen-bond acceptors (Lipinski definition) is 5. The van der Waals surface area contributed by atoms with E-state index in [0.717, 1.165) is 49.1 Å². The molecule has 2 amide bonds. The molecule has 0 unspecified atom stereocenters. The number of aromatic amines is 1. The first kappa shape index (κ1) is 27.0. The van der Waals surface area contributed by atoms with Crippen molar-refractivity contribution in [1.29, 1.82) is 0 Å². The molecule has 2 N–H and O–H groups in total. The molecule has 33 heavy (non-hydrogen) atoms. The molecule has 2 heterocycles. The molecule has 0 aliphatic heterocycles. The molecule has 186 valence electrons. The van der Waals surface area contributed by atoms with Crippen molar-refractivity contribution in [2.75, 3.05) is 18.8 Å². The summed E-state index contributed by atoms with van der Waals surface area (Å²) in [6.45, 7) is 7.75. The molecule has 0 radical (unpaired) electrons. The fourth-order valence-corrected chi connectivity index (χ4v) is 4.55. The van der Waals surface area contributed by atoms with Gasteiger partial charge in [0.15, 0.2) is 10.7 Å². The standard InChI is InChI=1S/C23H40N6O3S/c1-6-7-8-9-11-14-29(22(31)24-17(2)3)15-12-10-13-16-33-21-25-18-19(26-21)27(4)23(32)28(5)20(18)30/h17H,6-16H2,1-5H3,(H,24,31)(H,25,26). The van der Waals surface area contributed by atoms with Gasteiger partial charge in [0.2, 0.25) is 0 Å². The van der Waals surface area contributed by atoms with Crippen LogP contribution in [0.5, 0.6) is 0 Å². The number of amides is 2. The number of thioether (sulfide) groups is 1. The van der Waals surface area contributed by atoms with Gasteiger partial charge in [-0.2, -0.15) is 0 Å². The van der Waals surface area contributed by atoms with E-state index in [1.54, 1.807) is 18.8 Å². The minimum Gasteiger partial charge on any atom is -0.336 e. The Morgan fingerprint density at radius 2 is 1.67 bits per heavy atom. The molecule has 9 nitrogen and oxygen atoms in total. The van der Waals surface area contributed by atoms with Gasteiger partial charge in [-0.3, -0.25) is 13.9 Å². The van der Waals surface area contributed by atoms with Gasteiger partial charge in [-0.05, 0) is 33.1 Å².